The van der Waals surface area contributed by atoms with Gasteiger partial charge in [0, 0.05) is 19.5 Å². The van der Waals surface area contributed by atoms with Gasteiger partial charge in [-0.15, -0.1) is 11.3 Å². The summed E-state index contributed by atoms with van der Waals surface area (Å²) in [7, 11) is 3.02. The van der Waals surface area contributed by atoms with Crippen molar-refractivity contribution in [2.75, 3.05) is 0 Å². The Kier molecular flexibility index (Phi) is 3.17. The molecule has 0 saturated carbocycles. The van der Waals surface area contributed by atoms with Gasteiger partial charge in [-0.25, -0.2) is 14.2 Å². The molecule has 1 aromatic carbocycles. The second-order valence-electron chi connectivity index (χ2n) is 5.63. The van der Waals surface area contributed by atoms with E-state index in [1.165, 1.54) is 35.3 Å². The minimum Gasteiger partial charge on any atom is -0.320 e. The zero-order valence-electron chi connectivity index (χ0n) is 13.0. The molecular formula is C16H13FN4O2S. The number of thiophene rings is 1. The minimum absolute atomic E-state index is 0.252. The van der Waals surface area contributed by atoms with Crippen LogP contribution in [0.15, 0.2) is 39.5 Å². The smallest absolute Gasteiger partial charge is 0.320 e. The summed E-state index contributed by atoms with van der Waals surface area (Å²) in [5.74, 6) is -0.252. The maximum Gasteiger partial charge on any atom is 0.332 e. The van der Waals surface area contributed by atoms with E-state index in [0.29, 0.717) is 22.4 Å². The molecular weight excluding hydrogens is 331 g/mol. The highest BCUT2D eigenvalue weighted by atomic mass is 32.1. The van der Waals surface area contributed by atoms with E-state index in [1.54, 1.807) is 17.7 Å². The third kappa shape index (κ3) is 1.96. The van der Waals surface area contributed by atoms with E-state index in [0.717, 1.165) is 15.5 Å². The molecule has 4 aromatic rings. The summed E-state index contributed by atoms with van der Waals surface area (Å²) in [6.45, 7) is 0.382. The molecule has 0 amide bonds. The van der Waals surface area contributed by atoms with E-state index in [9.17, 15) is 14.0 Å². The molecule has 0 aliphatic carbocycles. The molecule has 8 heteroatoms. The lowest BCUT2D eigenvalue weighted by molar-refractivity contribution is 0.641. The summed E-state index contributed by atoms with van der Waals surface area (Å²) in [5.41, 5.74) is 0.797. The quantitative estimate of drug-likeness (QED) is 0.557. The van der Waals surface area contributed by atoms with Crippen LogP contribution in [0.4, 0.5) is 4.39 Å². The van der Waals surface area contributed by atoms with E-state index in [1.807, 2.05) is 11.4 Å². The first kappa shape index (κ1) is 14.8. The van der Waals surface area contributed by atoms with E-state index >= 15 is 0 Å². The number of aryl methyl sites for hydroxylation is 1. The number of rotatable bonds is 2. The molecule has 0 bridgehead atoms. The van der Waals surface area contributed by atoms with E-state index in [-0.39, 0.29) is 5.82 Å². The summed E-state index contributed by atoms with van der Waals surface area (Å²) < 4.78 is 18.5. The first-order valence-corrected chi connectivity index (χ1v) is 8.12. The van der Waals surface area contributed by atoms with Crippen LogP contribution in [0.5, 0.6) is 0 Å². The van der Waals surface area contributed by atoms with Gasteiger partial charge in [0.25, 0.3) is 5.56 Å². The number of hydrogen-bond acceptors (Lipinski definition) is 4. The van der Waals surface area contributed by atoms with Crippen molar-refractivity contribution in [2.45, 2.75) is 6.54 Å². The highest BCUT2D eigenvalue weighted by Crippen LogP contribution is 2.29. The number of fused-ring (bicyclic) bond motifs is 2. The Morgan fingerprint density at radius 1 is 1.21 bits per heavy atom. The predicted octanol–water partition coefficient (Wildman–Crippen LogP) is 1.84. The zero-order valence-corrected chi connectivity index (χ0v) is 13.8. The van der Waals surface area contributed by atoms with Gasteiger partial charge in [-0.1, -0.05) is 12.1 Å². The summed E-state index contributed by atoms with van der Waals surface area (Å²) in [6.07, 6.45) is 1.54. The molecule has 0 atom stereocenters. The van der Waals surface area contributed by atoms with Crippen molar-refractivity contribution < 1.29 is 4.39 Å². The molecule has 0 aliphatic heterocycles. The maximum atomic E-state index is 13.8. The van der Waals surface area contributed by atoms with Gasteiger partial charge in [0.1, 0.15) is 5.82 Å². The molecule has 0 aliphatic rings. The lowest BCUT2D eigenvalue weighted by Gasteiger charge is -2.06. The van der Waals surface area contributed by atoms with Gasteiger partial charge in [0.15, 0.2) is 11.2 Å². The molecule has 4 rings (SSSR count). The standard InChI is InChI=1S/C16H13FN4O2S/c1-19-14-12(15(22)20(2)16(19)23)21(8-18-14)6-9-7-24-13-10(9)4-3-5-11(13)17/h3-5,7-8H,6H2,1-2H3. The molecule has 0 fully saturated rings. The second kappa shape index (κ2) is 5.13. The topological polar surface area (TPSA) is 61.8 Å². The highest BCUT2D eigenvalue weighted by molar-refractivity contribution is 7.17. The van der Waals surface area contributed by atoms with E-state index in [2.05, 4.69) is 4.98 Å². The molecule has 0 radical (unpaired) electrons. The Morgan fingerprint density at radius 3 is 2.79 bits per heavy atom. The second-order valence-corrected chi connectivity index (χ2v) is 6.51. The lowest BCUT2D eigenvalue weighted by Crippen LogP contribution is -2.37. The third-order valence-electron chi connectivity index (χ3n) is 4.19. The molecule has 24 heavy (non-hydrogen) atoms. The normalized spacial score (nSPS) is 11.6. The molecule has 0 spiro atoms. The fraction of sp³-hybridized carbons (Fsp3) is 0.188. The van der Waals surface area contributed by atoms with Crippen LogP contribution in [0.1, 0.15) is 5.56 Å². The molecule has 3 heterocycles. The van der Waals surface area contributed by atoms with Crippen LogP contribution in [-0.4, -0.2) is 18.7 Å². The number of nitrogens with zero attached hydrogens (tertiary/aromatic N) is 4. The lowest BCUT2D eigenvalue weighted by atomic mass is 10.2. The summed E-state index contributed by atoms with van der Waals surface area (Å²) in [6, 6.07) is 4.96. The zero-order chi connectivity index (χ0) is 17.0. The van der Waals surface area contributed by atoms with Gasteiger partial charge < -0.3 is 4.57 Å². The van der Waals surface area contributed by atoms with Crippen LogP contribution >= 0.6 is 11.3 Å². The number of aromatic nitrogens is 4. The van der Waals surface area contributed by atoms with Gasteiger partial charge in [0.2, 0.25) is 0 Å². The molecule has 0 saturated heterocycles. The van der Waals surface area contributed by atoms with E-state index < -0.39 is 11.2 Å². The van der Waals surface area contributed by atoms with Crippen LogP contribution < -0.4 is 11.2 Å². The van der Waals surface area contributed by atoms with Gasteiger partial charge >= 0.3 is 5.69 Å². The summed E-state index contributed by atoms with van der Waals surface area (Å²) in [4.78, 5) is 28.6. The van der Waals surface area contributed by atoms with Crippen molar-refractivity contribution >= 4 is 32.6 Å². The number of benzene rings is 1. The van der Waals surface area contributed by atoms with Crippen LogP contribution in [0.25, 0.3) is 21.3 Å². The number of imidazole rings is 1. The van der Waals surface area contributed by atoms with Crippen molar-refractivity contribution in [1.82, 2.24) is 18.7 Å². The van der Waals surface area contributed by atoms with Gasteiger partial charge in [0.05, 0.1) is 17.6 Å². The Bertz CT molecular complexity index is 1210. The molecule has 122 valence electrons. The predicted molar refractivity (Wildman–Crippen MR) is 91.1 cm³/mol. The Labute approximate surface area is 139 Å². The van der Waals surface area contributed by atoms with Crippen molar-refractivity contribution in [3.63, 3.8) is 0 Å². The molecule has 6 nitrogen and oxygen atoms in total. The summed E-state index contributed by atoms with van der Waals surface area (Å²) in [5, 5.41) is 2.70. The monoisotopic (exact) mass is 344 g/mol. The highest BCUT2D eigenvalue weighted by Gasteiger charge is 2.16. The number of halogens is 1. The third-order valence-corrected chi connectivity index (χ3v) is 5.24. The van der Waals surface area contributed by atoms with E-state index in [4.69, 9.17) is 0 Å². The Hall–Kier alpha value is -2.74. The van der Waals surface area contributed by atoms with Crippen LogP contribution in [0.3, 0.4) is 0 Å². The van der Waals surface area contributed by atoms with Crippen LogP contribution in [-0.2, 0) is 20.6 Å². The summed E-state index contributed by atoms with van der Waals surface area (Å²) >= 11 is 1.33. The first-order valence-electron chi connectivity index (χ1n) is 7.24. The Morgan fingerprint density at radius 2 is 2.00 bits per heavy atom. The number of hydrogen-bond donors (Lipinski definition) is 0. The fourth-order valence-electron chi connectivity index (χ4n) is 2.90. The van der Waals surface area contributed by atoms with Crippen LogP contribution in [0.2, 0.25) is 0 Å². The van der Waals surface area contributed by atoms with Crippen molar-refractivity contribution in [1.29, 1.82) is 0 Å². The maximum absolute atomic E-state index is 13.8. The molecule has 0 unspecified atom stereocenters. The van der Waals surface area contributed by atoms with Crippen molar-refractivity contribution in [3.05, 3.63) is 62.1 Å². The van der Waals surface area contributed by atoms with Crippen LogP contribution in [0, 0.1) is 5.82 Å². The average Bonchev–Trinajstić information content (AvgIpc) is 3.17. The Balaban J connectivity index is 1.93. The fourth-order valence-corrected chi connectivity index (χ4v) is 3.87. The SMILES string of the molecule is Cn1c(=O)c2c(ncn2Cc2csc3c(F)cccc23)n(C)c1=O. The minimum atomic E-state index is -0.416. The van der Waals surface area contributed by atoms with Gasteiger partial charge in [-0.3, -0.25) is 13.9 Å². The van der Waals surface area contributed by atoms with Gasteiger partial charge in [-0.05, 0) is 17.0 Å². The van der Waals surface area contributed by atoms with Crippen molar-refractivity contribution in [2.24, 2.45) is 14.1 Å². The van der Waals surface area contributed by atoms with Gasteiger partial charge in [-0.2, -0.15) is 0 Å². The first-order chi connectivity index (χ1) is 11.5. The largest absolute Gasteiger partial charge is 0.332 e. The average molecular weight is 344 g/mol. The molecule has 0 N–H and O–H groups in total. The van der Waals surface area contributed by atoms with Crippen molar-refractivity contribution in [3.8, 4) is 0 Å². The molecule has 3 aromatic heterocycles.